The van der Waals surface area contributed by atoms with E-state index in [0.717, 1.165) is 0 Å². The lowest BCUT2D eigenvalue weighted by Crippen LogP contribution is -2.37. The van der Waals surface area contributed by atoms with E-state index in [-0.39, 0.29) is 11.1 Å². The number of hydrogen-bond donors (Lipinski definition) is 0. The maximum absolute atomic E-state index is 12.7. The molecule has 0 aliphatic carbocycles. The van der Waals surface area contributed by atoms with Crippen molar-refractivity contribution >= 4 is 21.8 Å². The van der Waals surface area contributed by atoms with Crippen molar-refractivity contribution in [2.75, 3.05) is 0 Å². The molecule has 0 bridgehead atoms. The van der Waals surface area contributed by atoms with E-state index < -0.39 is 5.41 Å². The minimum absolute atomic E-state index is 0.203. The summed E-state index contributed by atoms with van der Waals surface area (Å²) in [6.07, 6.45) is 0. The maximum Gasteiger partial charge on any atom is 0.277 e. The molecule has 4 rings (SSSR count). The van der Waals surface area contributed by atoms with Crippen LogP contribution in [0.3, 0.4) is 0 Å². The molecule has 0 atom stereocenters. The fraction of sp³-hybridized carbons (Fsp3) is 0.263. The second kappa shape index (κ2) is 6.39. The average molecular weight is 362 g/mol. The molecule has 27 heavy (non-hydrogen) atoms. The van der Waals surface area contributed by atoms with E-state index in [1.807, 2.05) is 26.0 Å². The largest absolute Gasteiger partial charge is 0.277 e. The quantitative estimate of drug-likeness (QED) is 0.547. The van der Waals surface area contributed by atoms with Crippen LogP contribution in [-0.2, 0) is 13.1 Å². The summed E-state index contributed by atoms with van der Waals surface area (Å²) in [7, 11) is 0. The molecule has 0 spiro atoms. The fourth-order valence-corrected chi connectivity index (χ4v) is 3.11. The molecule has 8 heteroatoms. The van der Waals surface area contributed by atoms with Crippen LogP contribution >= 0.6 is 0 Å². The molecule has 2 aromatic carbocycles. The summed E-state index contributed by atoms with van der Waals surface area (Å²) >= 11 is 0. The molecule has 0 aliphatic heterocycles. The van der Waals surface area contributed by atoms with Gasteiger partial charge in [-0.1, -0.05) is 48.5 Å². The monoisotopic (exact) mass is 362 g/mol. The molecule has 0 saturated carbocycles. The average Bonchev–Trinajstić information content (AvgIpc) is 2.66. The van der Waals surface area contributed by atoms with Gasteiger partial charge >= 0.3 is 0 Å². The Balaban J connectivity index is 1.67. The van der Waals surface area contributed by atoms with E-state index >= 15 is 0 Å². The van der Waals surface area contributed by atoms with Gasteiger partial charge in [0.2, 0.25) is 0 Å². The van der Waals surface area contributed by atoms with Gasteiger partial charge in [0, 0.05) is 5.41 Å². The Morgan fingerprint density at radius 1 is 0.741 bits per heavy atom. The SMILES string of the molecule is CC(C)(Cn1nnc2ccccc2c1=O)Cn1nnc2ccccc2c1=O. The molecule has 2 aromatic heterocycles. The number of nitrogens with zero attached hydrogens (tertiary/aromatic N) is 6. The molecule has 0 radical (unpaired) electrons. The van der Waals surface area contributed by atoms with Crippen molar-refractivity contribution in [3.05, 3.63) is 69.2 Å². The van der Waals surface area contributed by atoms with Crippen LogP contribution in [0, 0.1) is 5.41 Å². The number of rotatable bonds is 4. The Kier molecular flexibility index (Phi) is 4.02. The van der Waals surface area contributed by atoms with E-state index in [2.05, 4.69) is 20.6 Å². The summed E-state index contributed by atoms with van der Waals surface area (Å²) in [5.41, 5.74) is 0.250. The third-order valence-corrected chi connectivity index (χ3v) is 4.41. The van der Waals surface area contributed by atoms with Gasteiger partial charge in [-0.2, -0.15) is 0 Å². The van der Waals surface area contributed by atoms with E-state index in [1.165, 1.54) is 9.36 Å². The third-order valence-electron chi connectivity index (χ3n) is 4.41. The molecule has 0 saturated heterocycles. The van der Waals surface area contributed by atoms with Crippen LogP contribution < -0.4 is 11.1 Å². The third kappa shape index (κ3) is 3.21. The molecular formula is C19H18N6O2. The first kappa shape index (κ1) is 17.0. The van der Waals surface area contributed by atoms with Crippen LogP contribution in [0.25, 0.3) is 21.8 Å². The van der Waals surface area contributed by atoms with Crippen molar-refractivity contribution < 1.29 is 0 Å². The number of hydrogen-bond acceptors (Lipinski definition) is 6. The molecule has 4 aromatic rings. The van der Waals surface area contributed by atoms with Gasteiger partial charge in [0.25, 0.3) is 11.1 Å². The highest BCUT2D eigenvalue weighted by Gasteiger charge is 2.23. The number of aromatic nitrogens is 6. The van der Waals surface area contributed by atoms with Crippen molar-refractivity contribution in [1.29, 1.82) is 0 Å². The molecule has 2 heterocycles. The summed E-state index contributed by atoms with van der Waals surface area (Å²) in [6, 6.07) is 14.2. The topological polar surface area (TPSA) is 95.6 Å². The molecule has 136 valence electrons. The Bertz CT molecular complexity index is 1160. The van der Waals surface area contributed by atoms with Gasteiger partial charge < -0.3 is 0 Å². The van der Waals surface area contributed by atoms with Crippen LogP contribution in [0.1, 0.15) is 13.8 Å². The van der Waals surface area contributed by atoms with E-state index in [9.17, 15) is 9.59 Å². The second-order valence-corrected chi connectivity index (χ2v) is 7.30. The van der Waals surface area contributed by atoms with E-state index in [0.29, 0.717) is 34.9 Å². The summed E-state index contributed by atoms with van der Waals surface area (Å²) in [5, 5.41) is 17.3. The van der Waals surface area contributed by atoms with Gasteiger partial charge in [0.15, 0.2) is 0 Å². The van der Waals surface area contributed by atoms with Crippen LogP contribution in [0.5, 0.6) is 0 Å². The van der Waals surface area contributed by atoms with E-state index in [4.69, 9.17) is 0 Å². The predicted octanol–water partition coefficient (Wildman–Crippen LogP) is 1.62. The molecule has 0 aliphatic rings. The van der Waals surface area contributed by atoms with Crippen LogP contribution in [0.2, 0.25) is 0 Å². The minimum atomic E-state index is -0.470. The van der Waals surface area contributed by atoms with Gasteiger partial charge in [-0.15, -0.1) is 10.2 Å². The lowest BCUT2D eigenvalue weighted by atomic mass is 9.93. The van der Waals surface area contributed by atoms with Crippen molar-refractivity contribution in [2.45, 2.75) is 26.9 Å². The summed E-state index contributed by atoms with van der Waals surface area (Å²) < 4.78 is 2.67. The number of fused-ring (bicyclic) bond motifs is 2. The van der Waals surface area contributed by atoms with Gasteiger partial charge in [-0.25, -0.2) is 9.36 Å². The highest BCUT2D eigenvalue weighted by molar-refractivity contribution is 5.77. The summed E-state index contributed by atoms with van der Waals surface area (Å²) in [6.45, 7) is 4.48. The molecule has 8 nitrogen and oxygen atoms in total. The zero-order valence-electron chi connectivity index (χ0n) is 15.0. The summed E-state index contributed by atoms with van der Waals surface area (Å²) in [5.74, 6) is 0. The molecule has 0 unspecified atom stereocenters. The first-order valence-electron chi connectivity index (χ1n) is 8.60. The lowest BCUT2D eigenvalue weighted by molar-refractivity contribution is 0.223. The minimum Gasteiger partial charge on any atom is -0.267 e. The van der Waals surface area contributed by atoms with Crippen molar-refractivity contribution in [1.82, 2.24) is 30.0 Å². The zero-order valence-corrected chi connectivity index (χ0v) is 15.0. The summed E-state index contributed by atoms with van der Waals surface area (Å²) in [4.78, 5) is 25.3. The Hall–Kier alpha value is -3.42. The molecule has 0 N–H and O–H groups in total. The Morgan fingerprint density at radius 3 is 1.59 bits per heavy atom. The maximum atomic E-state index is 12.7. The van der Waals surface area contributed by atoms with E-state index in [1.54, 1.807) is 36.4 Å². The molecular weight excluding hydrogens is 344 g/mol. The second-order valence-electron chi connectivity index (χ2n) is 7.30. The number of benzene rings is 2. The molecule has 0 amide bonds. The first-order chi connectivity index (χ1) is 12.9. The van der Waals surface area contributed by atoms with Crippen LogP contribution in [0.4, 0.5) is 0 Å². The van der Waals surface area contributed by atoms with Gasteiger partial charge in [0.1, 0.15) is 11.0 Å². The normalized spacial score (nSPS) is 11.9. The Labute approximate surface area is 154 Å². The van der Waals surface area contributed by atoms with Crippen molar-refractivity contribution in [2.24, 2.45) is 5.41 Å². The zero-order chi connectivity index (χ0) is 19.0. The van der Waals surface area contributed by atoms with Crippen LogP contribution in [0.15, 0.2) is 58.1 Å². The Morgan fingerprint density at radius 2 is 1.15 bits per heavy atom. The predicted molar refractivity (Wildman–Crippen MR) is 101 cm³/mol. The smallest absolute Gasteiger partial charge is 0.267 e. The standard InChI is InChI=1S/C19H18N6O2/c1-19(2,11-24-17(26)13-7-3-5-9-15(13)20-22-24)12-25-18(27)14-8-4-6-10-16(14)21-23-25/h3-10H,11-12H2,1-2H3. The van der Waals surface area contributed by atoms with Gasteiger partial charge in [0.05, 0.1) is 23.9 Å². The van der Waals surface area contributed by atoms with Gasteiger partial charge in [-0.3, -0.25) is 9.59 Å². The fourth-order valence-electron chi connectivity index (χ4n) is 3.11. The highest BCUT2D eigenvalue weighted by atomic mass is 16.1. The lowest BCUT2D eigenvalue weighted by Gasteiger charge is -2.24. The van der Waals surface area contributed by atoms with Crippen molar-refractivity contribution in [3.8, 4) is 0 Å². The highest BCUT2D eigenvalue weighted by Crippen LogP contribution is 2.19. The van der Waals surface area contributed by atoms with Crippen molar-refractivity contribution in [3.63, 3.8) is 0 Å². The van der Waals surface area contributed by atoms with Gasteiger partial charge in [-0.05, 0) is 24.3 Å². The molecule has 0 fully saturated rings. The van der Waals surface area contributed by atoms with Crippen LogP contribution in [-0.4, -0.2) is 30.0 Å². The first-order valence-corrected chi connectivity index (χ1v) is 8.60.